The third-order valence-corrected chi connectivity index (χ3v) is 2.00. The number of rotatable bonds is 1. The van der Waals surface area contributed by atoms with E-state index in [0.717, 1.165) is 19.4 Å². The van der Waals surface area contributed by atoms with Gasteiger partial charge in [-0.15, -0.1) is 0 Å². The Labute approximate surface area is 71.3 Å². The van der Waals surface area contributed by atoms with Crippen molar-refractivity contribution in [3.63, 3.8) is 0 Å². The molecule has 0 bridgehead atoms. The van der Waals surface area contributed by atoms with E-state index in [1.165, 1.54) is 0 Å². The highest BCUT2D eigenvalue weighted by atomic mass is 16.1. The van der Waals surface area contributed by atoms with Crippen LogP contribution in [0.3, 0.4) is 0 Å². The van der Waals surface area contributed by atoms with E-state index in [1.54, 1.807) is 10.8 Å². The minimum absolute atomic E-state index is 0.232. The molecule has 0 radical (unpaired) electrons. The van der Waals surface area contributed by atoms with Crippen molar-refractivity contribution in [3.8, 4) is 6.07 Å². The summed E-state index contributed by atoms with van der Waals surface area (Å²) in [6.07, 6.45) is 1.75. The number of nitriles is 1. The molecule has 0 aliphatic carbocycles. The summed E-state index contributed by atoms with van der Waals surface area (Å²) in [5.41, 5.74) is 6.11. The van der Waals surface area contributed by atoms with E-state index in [2.05, 4.69) is 0 Å². The number of nitrogens with two attached hydrogens (primary N) is 1. The molecule has 0 aromatic heterocycles. The second kappa shape index (κ2) is 3.91. The zero-order valence-corrected chi connectivity index (χ0v) is 6.79. The van der Waals surface area contributed by atoms with Gasteiger partial charge in [0.05, 0.1) is 12.1 Å². The molecule has 4 heteroatoms. The van der Waals surface area contributed by atoms with Crippen molar-refractivity contribution in [2.24, 2.45) is 5.73 Å². The fraction of sp³-hybridized carbons (Fsp3) is 0.625. The standard InChI is InChI=1S/C8H11N3O/c9-3-5-11-4-1-2-7(10)8(11)6-12/h7H,1-2,4-5,10H2/t7-/m1/s1. The van der Waals surface area contributed by atoms with Crippen LogP contribution in [-0.2, 0) is 4.79 Å². The van der Waals surface area contributed by atoms with Gasteiger partial charge in [0.2, 0.25) is 0 Å². The normalized spacial score (nSPS) is 23.2. The molecule has 4 nitrogen and oxygen atoms in total. The lowest BCUT2D eigenvalue weighted by Crippen LogP contribution is -2.41. The number of carbonyl (C=O) groups excluding carboxylic acids is 1. The molecular weight excluding hydrogens is 154 g/mol. The van der Waals surface area contributed by atoms with Crippen molar-refractivity contribution in [3.05, 3.63) is 5.70 Å². The van der Waals surface area contributed by atoms with Crippen molar-refractivity contribution in [2.45, 2.75) is 18.9 Å². The maximum absolute atomic E-state index is 10.5. The average molecular weight is 165 g/mol. The van der Waals surface area contributed by atoms with Gasteiger partial charge in [-0.05, 0) is 12.8 Å². The molecule has 0 spiro atoms. The molecule has 1 rings (SSSR count). The van der Waals surface area contributed by atoms with Crippen LogP contribution in [0.2, 0.25) is 0 Å². The Morgan fingerprint density at radius 1 is 1.75 bits per heavy atom. The summed E-state index contributed by atoms with van der Waals surface area (Å²) < 4.78 is 0. The summed E-state index contributed by atoms with van der Waals surface area (Å²) in [5, 5.41) is 8.44. The van der Waals surface area contributed by atoms with Crippen LogP contribution in [0.25, 0.3) is 0 Å². The Morgan fingerprint density at radius 2 is 2.50 bits per heavy atom. The summed E-state index contributed by atoms with van der Waals surface area (Å²) in [6, 6.07) is 1.76. The maximum Gasteiger partial charge on any atom is 0.147 e. The quantitative estimate of drug-likeness (QED) is 0.426. The molecule has 12 heavy (non-hydrogen) atoms. The molecule has 0 aromatic rings. The minimum Gasteiger partial charge on any atom is -0.351 e. The molecule has 1 heterocycles. The van der Waals surface area contributed by atoms with Crippen molar-refractivity contribution in [1.29, 1.82) is 5.26 Å². The SMILES string of the molecule is N#CCN1CCC[C@@H](N)C1=C=O. The second-order valence-electron chi connectivity index (χ2n) is 2.82. The number of likely N-dealkylation sites (tertiary alicyclic amines) is 1. The lowest BCUT2D eigenvalue weighted by molar-refractivity contribution is 0.301. The van der Waals surface area contributed by atoms with Crippen molar-refractivity contribution < 1.29 is 4.79 Å². The number of nitrogens with zero attached hydrogens (tertiary/aromatic N) is 2. The lowest BCUT2D eigenvalue weighted by atomic mass is 10.0. The van der Waals surface area contributed by atoms with Gasteiger partial charge >= 0.3 is 0 Å². The first-order valence-corrected chi connectivity index (χ1v) is 3.92. The number of piperidine rings is 1. The highest BCUT2D eigenvalue weighted by Gasteiger charge is 2.22. The van der Waals surface area contributed by atoms with E-state index in [4.69, 9.17) is 11.0 Å². The number of hydrogen-bond acceptors (Lipinski definition) is 4. The van der Waals surface area contributed by atoms with Gasteiger partial charge in [-0.1, -0.05) is 0 Å². The first kappa shape index (κ1) is 8.79. The van der Waals surface area contributed by atoms with Gasteiger partial charge in [0, 0.05) is 6.54 Å². The van der Waals surface area contributed by atoms with E-state index in [9.17, 15) is 4.79 Å². The fourth-order valence-corrected chi connectivity index (χ4v) is 1.38. The molecule has 1 fully saturated rings. The van der Waals surface area contributed by atoms with Crippen LogP contribution in [-0.4, -0.2) is 30.0 Å². The largest absolute Gasteiger partial charge is 0.351 e. The van der Waals surface area contributed by atoms with E-state index in [-0.39, 0.29) is 12.6 Å². The molecule has 0 aromatic carbocycles. The molecule has 0 saturated carbocycles. The van der Waals surface area contributed by atoms with Gasteiger partial charge in [-0.2, -0.15) is 5.26 Å². The lowest BCUT2D eigenvalue weighted by Gasteiger charge is -2.30. The Kier molecular flexibility index (Phi) is 2.87. The Hall–Kier alpha value is -1.30. The van der Waals surface area contributed by atoms with Crippen LogP contribution in [0.5, 0.6) is 0 Å². The van der Waals surface area contributed by atoms with Crippen molar-refractivity contribution in [2.75, 3.05) is 13.1 Å². The van der Waals surface area contributed by atoms with Gasteiger partial charge in [-0.25, -0.2) is 4.79 Å². The topological polar surface area (TPSA) is 70.1 Å². The first-order chi connectivity index (χ1) is 5.79. The van der Waals surface area contributed by atoms with Gasteiger partial charge in [-0.3, -0.25) is 0 Å². The third-order valence-electron chi connectivity index (χ3n) is 2.00. The van der Waals surface area contributed by atoms with Crippen molar-refractivity contribution in [1.82, 2.24) is 4.90 Å². The first-order valence-electron chi connectivity index (χ1n) is 3.92. The molecule has 1 aliphatic heterocycles. The van der Waals surface area contributed by atoms with E-state index < -0.39 is 0 Å². The molecule has 1 saturated heterocycles. The predicted molar refractivity (Wildman–Crippen MR) is 43.6 cm³/mol. The number of hydrogen-bond donors (Lipinski definition) is 1. The van der Waals surface area contributed by atoms with Crippen LogP contribution in [0, 0.1) is 11.3 Å². The zero-order valence-electron chi connectivity index (χ0n) is 6.79. The molecular formula is C8H11N3O. The average Bonchev–Trinajstić information content (AvgIpc) is 2.05. The highest BCUT2D eigenvalue weighted by Crippen LogP contribution is 2.16. The molecule has 2 N–H and O–H groups in total. The van der Waals surface area contributed by atoms with E-state index in [1.807, 2.05) is 6.07 Å². The molecule has 64 valence electrons. The monoisotopic (exact) mass is 165 g/mol. The smallest absolute Gasteiger partial charge is 0.147 e. The minimum atomic E-state index is -0.232. The van der Waals surface area contributed by atoms with Crippen LogP contribution in [0.1, 0.15) is 12.8 Å². The summed E-state index contributed by atoms with van der Waals surface area (Å²) in [4.78, 5) is 12.2. The second-order valence-corrected chi connectivity index (χ2v) is 2.82. The Morgan fingerprint density at radius 3 is 3.08 bits per heavy atom. The highest BCUT2D eigenvalue weighted by molar-refractivity contribution is 5.54. The van der Waals surface area contributed by atoms with Crippen LogP contribution < -0.4 is 5.73 Å². The Balaban J connectivity index is 2.73. The van der Waals surface area contributed by atoms with Gasteiger partial charge < -0.3 is 10.6 Å². The zero-order chi connectivity index (χ0) is 8.97. The van der Waals surface area contributed by atoms with Gasteiger partial charge in [0.15, 0.2) is 0 Å². The summed E-state index contributed by atoms with van der Waals surface area (Å²) in [7, 11) is 0. The van der Waals surface area contributed by atoms with Crippen LogP contribution in [0.15, 0.2) is 5.70 Å². The van der Waals surface area contributed by atoms with Crippen LogP contribution in [0.4, 0.5) is 0 Å². The van der Waals surface area contributed by atoms with Crippen molar-refractivity contribution >= 4 is 5.94 Å². The summed E-state index contributed by atoms with van der Waals surface area (Å²) in [6.45, 7) is 0.976. The molecule has 0 amide bonds. The molecule has 1 aliphatic rings. The van der Waals surface area contributed by atoms with E-state index >= 15 is 0 Å². The van der Waals surface area contributed by atoms with Gasteiger partial charge in [0.1, 0.15) is 18.2 Å². The molecule has 0 unspecified atom stereocenters. The maximum atomic E-state index is 10.5. The fourth-order valence-electron chi connectivity index (χ4n) is 1.38. The summed E-state index contributed by atoms with van der Waals surface area (Å²) >= 11 is 0. The molecule has 1 atom stereocenters. The van der Waals surface area contributed by atoms with E-state index in [0.29, 0.717) is 5.70 Å². The third kappa shape index (κ3) is 1.65. The Bertz CT molecular complexity index is 250. The summed E-state index contributed by atoms with van der Waals surface area (Å²) in [5.74, 6) is 1.81. The van der Waals surface area contributed by atoms with Crippen LogP contribution >= 0.6 is 0 Å². The van der Waals surface area contributed by atoms with Gasteiger partial charge in [0.25, 0.3) is 0 Å². The predicted octanol–water partition coefficient (Wildman–Crippen LogP) is -0.351.